The van der Waals surface area contributed by atoms with Crippen LogP contribution in [-0.2, 0) is 16.6 Å². The van der Waals surface area contributed by atoms with Crippen molar-refractivity contribution in [1.29, 1.82) is 0 Å². The SMILES string of the molecule is Cc1cnc2c(CCC(F)(F)C(F)(F)F)nc(-c3nc(N)c4c(n3)NC(=O)C4(C)c3ccc(F)cc3)cn12. The average molecular weight is 535 g/mol. The summed E-state index contributed by atoms with van der Waals surface area (Å²) in [6.07, 6.45) is -5.12. The highest BCUT2D eigenvalue weighted by molar-refractivity contribution is 6.09. The molecule has 1 aliphatic heterocycles. The molecule has 4 heterocycles. The van der Waals surface area contributed by atoms with E-state index >= 15 is 0 Å². The molecule has 5 rings (SSSR count). The van der Waals surface area contributed by atoms with Crippen molar-refractivity contribution < 1.29 is 31.1 Å². The van der Waals surface area contributed by atoms with Gasteiger partial charge in [-0.05, 0) is 38.0 Å². The number of halogens is 6. The van der Waals surface area contributed by atoms with E-state index in [1.165, 1.54) is 41.1 Å². The summed E-state index contributed by atoms with van der Waals surface area (Å²) >= 11 is 0. The van der Waals surface area contributed by atoms with Crippen molar-refractivity contribution in [3.8, 4) is 11.5 Å². The number of carbonyl (C=O) groups is 1. The standard InChI is InChI=1S/C24H19F6N7O/c1-11-9-32-20-14(7-8-23(26,27)24(28,29)30)33-15(10-37(11)20)18-34-17(31)16-19(35-18)36-21(38)22(16,2)12-3-5-13(25)6-4-12/h3-6,9-10H,7-8H2,1-2H3,(H3,31,34,35,36,38). The van der Waals surface area contributed by atoms with Crippen molar-refractivity contribution in [1.82, 2.24) is 24.3 Å². The summed E-state index contributed by atoms with van der Waals surface area (Å²) in [5, 5.41) is 2.64. The second kappa shape index (κ2) is 8.39. The molecule has 4 aromatic rings. The number of carbonyl (C=O) groups excluding carboxylic acids is 1. The zero-order valence-electron chi connectivity index (χ0n) is 19.9. The van der Waals surface area contributed by atoms with Gasteiger partial charge in [-0.2, -0.15) is 22.0 Å². The van der Waals surface area contributed by atoms with E-state index in [0.717, 1.165) is 0 Å². The van der Waals surface area contributed by atoms with Gasteiger partial charge in [0.05, 0.1) is 11.3 Å². The molecule has 1 amide bonds. The number of hydrogen-bond donors (Lipinski definition) is 2. The molecule has 14 heteroatoms. The smallest absolute Gasteiger partial charge is 0.383 e. The third-order valence-electron chi connectivity index (χ3n) is 6.61. The van der Waals surface area contributed by atoms with Crippen molar-refractivity contribution in [3.63, 3.8) is 0 Å². The molecule has 1 aromatic carbocycles. The third kappa shape index (κ3) is 3.90. The van der Waals surface area contributed by atoms with E-state index in [1.807, 2.05) is 0 Å². The lowest BCUT2D eigenvalue weighted by molar-refractivity contribution is -0.284. The predicted octanol–water partition coefficient (Wildman–Crippen LogP) is 4.60. The van der Waals surface area contributed by atoms with Crippen molar-refractivity contribution >= 4 is 23.2 Å². The number of imidazole rings is 1. The monoisotopic (exact) mass is 535 g/mol. The number of hydrogen-bond acceptors (Lipinski definition) is 6. The normalized spacial score (nSPS) is 17.6. The molecule has 0 saturated carbocycles. The number of fused-ring (bicyclic) bond motifs is 2. The number of amides is 1. The largest absolute Gasteiger partial charge is 0.453 e. The van der Waals surface area contributed by atoms with Gasteiger partial charge in [-0.1, -0.05) is 12.1 Å². The van der Waals surface area contributed by atoms with E-state index in [4.69, 9.17) is 5.73 Å². The number of rotatable bonds is 5. The Morgan fingerprint density at radius 2 is 1.76 bits per heavy atom. The predicted molar refractivity (Wildman–Crippen MR) is 124 cm³/mol. The Balaban J connectivity index is 1.59. The molecule has 1 unspecified atom stereocenters. The van der Waals surface area contributed by atoms with Gasteiger partial charge < -0.3 is 15.5 Å². The average Bonchev–Trinajstić information content (AvgIpc) is 3.34. The molecule has 0 aliphatic carbocycles. The van der Waals surface area contributed by atoms with Gasteiger partial charge in [-0.15, -0.1) is 0 Å². The number of nitrogens with one attached hydrogen (secondary N) is 1. The first kappa shape index (κ1) is 25.4. The van der Waals surface area contributed by atoms with Crippen LogP contribution in [0.2, 0.25) is 0 Å². The van der Waals surface area contributed by atoms with Crippen molar-refractivity contribution in [2.75, 3.05) is 11.1 Å². The van der Waals surface area contributed by atoms with Crippen LogP contribution in [0.25, 0.3) is 17.2 Å². The Kier molecular flexibility index (Phi) is 5.62. The van der Waals surface area contributed by atoms with Crippen LogP contribution in [0.1, 0.15) is 35.9 Å². The lowest BCUT2D eigenvalue weighted by Gasteiger charge is -2.23. The molecule has 3 aromatic heterocycles. The molecule has 0 bridgehead atoms. The van der Waals surface area contributed by atoms with E-state index in [9.17, 15) is 31.1 Å². The van der Waals surface area contributed by atoms with Gasteiger partial charge in [0.1, 0.15) is 28.6 Å². The molecule has 8 nitrogen and oxygen atoms in total. The summed E-state index contributed by atoms with van der Waals surface area (Å²) in [4.78, 5) is 30.0. The highest BCUT2D eigenvalue weighted by Gasteiger charge is 2.56. The maximum Gasteiger partial charge on any atom is 0.453 e. The molecular weight excluding hydrogens is 516 g/mol. The first-order valence-electron chi connectivity index (χ1n) is 11.3. The summed E-state index contributed by atoms with van der Waals surface area (Å²) in [5.41, 5.74) is 6.17. The minimum absolute atomic E-state index is 0.0167. The topological polar surface area (TPSA) is 111 Å². The molecule has 0 radical (unpaired) electrons. The zero-order valence-corrected chi connectivity index (χ0v) is 19.9. The quantitative estimate of drug-likeness (QED) is 0.362. The Bertz CT molecular complexity index is 1580. The summed E-state index contributed by atoms with van der Waals surface area (Å²) in [5.74, 6) is -6.02. The van der Waals surface area contributed by atoms with Crippen LogP contribution >= 0.6 is 0 Å². The molecular formula is C24H19F6N7O. The number of nitrogens with two attached hydrogens (primary N) is 1. The van der Waals surface area contributed by atoms with Crippen molar-refractivity contribution in [2.45, 2.75) is 44.2 Å². The van der Waals surface area contributed by atoms with Crippen molar-refractivity contribution in [2.24, 2.45) is 0 Å². The summed E-state index contributed by atoms with van der Waals surface area (Å²) in [7, 11) is 0. The Hall–Kier alpha value is -4.23. The van der Waals surface area contributed by atoms with Gasteiger partial charge in [-0.25, -0.2) is 24.3 Å². The van der Waals surface area contributed by atoms with Crippen LogP contribution in [-0.4, -0.2) is 42.3 Å². The number of benzene rings is 1. The van der Waals surface area contributed by atoms with Gasteiger partial charge in [0.25, 0.3) is 0 Å². The molecule has 198 valence electrons. The van der Waals surface area contributed by atoms with Gasteiger partial charge in [0, 0.05) is 24.5 Å². The maximum absolute atomic E-state index is 13.6. The Morgan fingerprint density at radius 3 is 2.42 bits per heavy atom. The van der Waals surface area contributed by atoms with E-state index < -0.39 is 42.1 Å². The van der Waals surface area contributed by atoms with E-state index in [1.54, 1.807) is 13.8 Å². The van der Waals surface area contributed by atoms with E-state index in [-0.39, 0.29) is 40.1 Å². The van der Waals surface area contributed by atoms with Crippen LogP contribution in [0, 0.1) is 12.7 Å². The molecule has 38 heavy (non-hydrogen) atoms. The van der Waals surface area contributed by atoms with Crippen LogP contribution in [0.15, 0.2) is 36.7 Å². The van der Waals surface area contributed by atoms with Crippen LogP contribution in [0.3, 0.4) is 0 Å². The van der Waals surface area contributed by atoms with E-state index in [0.29, 0.717) is 11.3 Å². The van der Waals surface area contributed by atoms with Gasteiger partial charge >= 0.3 is 12.1 Å². The van der Waals surface area contributed by atoms with Gasteiger partial charge in [0.2, 0.25) is 5.91 Å². The first-order valence-corrected chi connectivity index (χ1v) is 11.3. The minimum atomic E-state index is -5.71. The summed E-state index contributed by atoms with van der Waals surface area (Å²) in [6, 6.07) is 5.29. The lowest BCUT2D eigenvalue weighted by atomic mass is 9.78. The third-order valence-corrected chi connectivity index (χ3v) is 6.61. The number of anilines is 2. The number of aryl methyl sites for hydroxylation is 2. The lowest BCUT2D eigenvalue weighted by Crippen LogP contribution is -2.36. The van der Waals surface area contributed by atoms with Crippen LogP contribution in [0.5, 0.6) is 0 Å². The number of alkyl halides is 5. The van der Waals surface area contributed by atoms with Gasteiger partial charge in [-0.3, -0.25) is 4.79 Å². The number of nitrogens with zero attached hydrogens (tertiary/aromatic N) is 5. The van der Waals surface area contributed by atoms with E-state index in [2.05, 4.69) is 25.3 Å². The molecule has 1 atom stereocenters. The molecule has 1 aliphatic rings. The summed E-state index contributed by atoms with van der Waals surface area (Å²) < 4.78 is 80.4. The van der Waals surface area contributed by atoms with Crippen LogP contribution in [0.4, 0.5) is 38.0 Å². The second-order valence-electron chi connectivity index (χ2n) is 9.11. The van der Waals surface area contributed by atoms with Crippen molar-refractivity contribution in [3.05, 3.63) is 65.0 Å². The Labute approximate surface area is 211 Å². The summed E-state index contributed by atoms with van der Waals surface area (Å²) in [6.45, 7) is 3.24. The highest BCUT2D eigenvalue weighted by Crippen LogP contribution is 2.45. The van der Waals surface area contributed by atoms with Crippen LogP contribution < -0.4 is 11.1 Å². The molecule has 0 saturated heterocycles. The van der Waals surface area contributed by atoms with Gasteiger partial charge in [0.15, 0.2) is 11.5 Å². The molecule has 0 spiro atoms. The highest BCUT2D eigenvalue weighted by atomic mass is 19.4. The number of aromatic nitrogens is 5. The first-order chi connectivity index (χ1) is 17.7. The Morgan fingerprint density at radius 1 is 1.08 bits per heavy atom. The second-order valence-corrected chi connectivity index (χ2v) is 9.11. The zero-order chi connectivity index (χ0) is 27.6. The fraction of sp³-hybridized carbons (Fsp3) is 0.292. The maximum atomic E-state index is 13.6. The number of nitrogen functional groups attached to an aromatic ring is 1. The minimum Gasteiger partial charge on any atom is -0.383 e. The molecule has 0 fully saturated rings. The fourth-order valence-electron chi connectivity index (χ4n) is 4.44. The molecule has 3 N–H and O–H groups in total. The fourth-order valence-corrected chi connectivity index (χ4v) is 4.44.